The molecule has 1 heterocycles. The van der Waals surface area contributed by atoms with Gasteiger partial charge in [0, 0.05) is 57.9 Å². The van der Waals surface area contributed by atoms with Crippen LogP contribution in [0.5, 0.6) is 0 Å². The maximum absolute atomic E-state index is 9.10. The Morgan fingerprint density at radius 2 is 1.58 bits per heavy atom. The monoisotopic (exact) mass is 270 g/mol. The number of β-amino-alcohol motifs (C(OH)–C–C–N with tert-alkyl or cyclic N) is 1. The quantitative estimate of drug-likeness (QED) is 0.538. The van der Waals surface area contributed by atoms with E-state index < -0.39 is 0 Å². The third-order valence-electron chi connectivity index (χ3n) is 4.33. The van der Waals surface area contributed by atoms with E-state index in [0.717, 1.165) is 45.8 Å². The average molecular weight is 270 g/mol. The standard InChI is InChI=1S/C14H30N4O/c19-12-11-18-9-7-15-5-6-16-13-3-1-2-4-14(13)17-8-10-18/h13-17,19H,1-12H2. The van der Waals surface area contributed by atoms with Crippen LogP contribution in [0.25, 0.3) is 0 Å². The molecule has 0 radical (unpaired) electrons. The maximum Gasteiger partial charge on any atom is 0.0558 e. The number of hydrogen-bond acceptors (Lipinski definition) is 5. The van der Waals surface area contributed by atoms with Gasteiger partial charge < -0.3 is 21.1 Å². The summed E-state index contributed by atoms with van der Waals surface area (Å²) in [6, 6.07) is 1.27. The lowest BCUT2D eigenvalue weighted by atomic mass is 9.90. The van der Waals surface area contributed by atoms with Gasteiger partial charge in [0.2, 0.25) is 0 Å². The minimum Gasteiger partial charge on any atom is -0.395 e. The lowest BCUT2D eigenvalue weighted by molar-refractivity contribution is 0.188. The molecule has 2 rings (SSSR count). The van der Waals surface area contributed by atoms with E-state index in [1.54, 1.807) is 0 Å². The van der Waals surface area contributed by atoms with Crippen LogP contribution < -0.4 is 16.0 Å². The van der Waals surface area contributed by atoms with Crippen molar-refractivity contribution in [3.05, 3.63) is 0 Å². The first-order valence-electron chi connectivity index (χ1n) is 7.91. The molecule has 2 fully saturated rings. The summed E-state index contributed by atoms with van der Waals surface area (Å²) in [6.07, 6.45) is 5.32. The SMILES string of the molecule is OCCN1CCNCCNC2CCCCC2NCC1. The molecule has 5 heteroatoms. The highest BCUT2D eigenvalue weighted by molar-refractivity contribution is 4.86. The summed E-state index contributed by atoms with van der Waals surface area (Å²) in [6.45, 7) is 7.24. The summed E-state index contributed by atoms with van der Waals surface area (Å²) in [5, 5.41) is 20.0. The summed E-state index contributed by atoms with van der Waals surface area (Å²) < 4.78 is 0. The van der Waals surface area contributed by atoms with Gasteiger partial charge in [0.05, 0.1) is 6.61 Å². The van der Waals surface area contributed by atoms with E-state index in [1.165, 1.54) is 25.7 Å². The van der Waals surface area contributed by atoms with E-state index in [-0.39, 0.29) is 6.61 Å². The van der Waals surface area contributed by atoms with Crippen molar-refractivity contribution in [2.45, 2.75) is 37.8 Å². The van der Waals surface area contributed by atoms with Gasteiger partial charge in [0.25, 0.3) is 0 Å². The molecule has 1 aliphatic heterocycles. The largest absolute Gasteiger partial charge is 0.395 e. The van der Waals surface area contributed by atoms with Crippen molar-refractivity contribution in [2.75, 3.05) is 52.4 Å². The van der Waals surface area contributed by atoms with Crippen molar-refractivity contribution < 1.29 is 5.11 Å². The van der Waals surface area contributed by atoms with Crippen LogP contribution >= 0.6 is 0 Å². The lowest BCUT2D eigenvalue weighted by Crippen LogP contribution is -2.53. The first-order valence-corrected chi connectivity index (χ1v) is 7.91. The maximum atomic E-state index is 9.10. The Morgan fingerprint density at radius 1 is 0.895 bits per heavy atom. The number of fused-ring (bicyclic) bond motifs is 1. The smallest absolute Gasteiger partial charge is 0.0558 e. The third kappa shape index (κ3) is 5.36. The summed E-state index contributed by atoms with van der Waals surface area (Å²) in [7, 11) is 0. The van der Waals surface area contributed by atoms with Crippen LogP contribution in [0, 0.1) is 0 Å². The molecule has 19 heavy (non-hydrogen) atoms. The zero-order chi connectivity index (χ0) is 13.3. The Hall–Kier alpha value is -0.200. The van der Waals surface area contributed by atoms with Gasteiger partial charge in [0.1, 0.15) is 0 Å². The van der Waals surface area contributed by atoms with Crippen LogP contribution in [-0.2, 0) is 0 Å². The van der Waals surface area contributed by atoms with Crippen molar-refractivity contribution >= 4 is 0 Å². The van der Waals surface area contributed by atoms with E-state index in [1.807, 2.05) is 0 Å². The van der Waals surface area contributed by atoms with E-state index in [9.17, 15) is 0 Å². The van der Waals surface area contributed by atoms with Crippen LogP contribution in [0.15, 0.2) is 0 Å². The van der Waals surface area contributed by atoms with Gasteiger partial charge in [-0.05, 0) is 12.8 Å². The van der Waals surface area contributed by atoms with Gasteiger partial charge in [-0.3, -0.25) is 4.90 Å². The minimum atomic E-state index is 0.258. The van der Waals surface area contributed by atoms with Gasteiger partial charge in [-0.25, -0.2) is 0 Å². The molecule has 4 N–H and O–H groups in total. The van der Waals surface area contributed by atoms with E-state index in [2.05, 4.69) is 20.9 Å². The van der Waals surface area contributed by atoms with Gasteiger partial charge in [-0.15, -0.1) is 0 Å². The second-order valence-electron chi connectivity index (χ2n) is 5.72. The van der Waals surface area contributed by atoms with Crippen molar-refractivity contribution in [2.24, 2.45) is 0 Å². The first-order chi connectivity index (χ1) is 9.40. The second kappa shape index (κ2) is 8.87. The number of aliphatic hydroxyl groups is 1. The Morgan fingerprint density at radius 3 is 2.32 bits per heavy atom. The molecule has 0 aromatic heterocycles. The van der Waals surface area contributed by atoms with E-state index >= 15 is 0 Å². The average Bonchev–Trinajstić information content (AvgIpc) is 2.42. The molecule has 112 valence electrons. The summed E-state index contributed by atoms with van der Waals surface area (Å²) in [5.41, 5.74) is 0. The predicted molar refractivity (Wildman–Crippen MR) is 78.4 cm³/mol. The van der Waals surface area contributed by atoms with Gasteiger partial charge in [-0.1, -0.05) is 12.8 Å². The molecule has 2 atom stereocenters. The fourth-order valence-corrected chi connectivity index (χ4v) is 3.21. The summed E-state index contributed by atoms with van der Waals surface area (Å²) >= 11 is 0. The van der Waals surface area contributed by atoms with Crippen LogP contribution in [-0.4, -0.2) is 74.5 Å². The van der Waals surface area contributed by atoms with Crippen LogP contribution in [0.4, 0.5) is 0 Å². The number of nitrogens with one attached hydrogen (secondary N) is 3. The highest BCUT2D eigenvalue weighted by atomic mass is 16.3. The zero-order valence-corrected chi connectivity index (χ0v) is 12.0. The highest BCUT2D eigenvalue weighted by Crippen LogP contribution is 2.18. The Balaban J connectivity index is 1.83. The van der Waals surface area contributed by atoms with Crippen molar-refractivity contribution in [3.8, 4) is 0 Å². The Kier molecular flexibility index (Phi) is 7.09. The van der Waals surface area contributed by atoms with Crippen molar-refractivity contribution in [1.82, 2.24) is 20.9 Å². The van der Waals surface area contributed by atoms with E-state index in [0.29, 0.717) is 12.1 Å². The first kappa shape index (κ1) is 15.2. The van der Waals surface area contributed by atoms with Gasteiger partial charge >= 0.3 is 0 Å². The number of aliphatic hydroxyl groups excluding tert-OH is 1. The fraction of sp³-hybridized carbons (Fsp3) is 1.00. The molecule has 1 saturated carbocycles. The zero-order valence-electron chi connectivity index (χ0n) is 12.0. The number of hydrogen-bond donors (Lipinski definition) is 4. The Labute approximate surface area is 117 Å². The summed E-state index contributed by atoms with van der Waals surface area (Å²) in [5.74, 6) is 0. The number of nitrogens with zero attached hydrogens (tertiary/aromatic N) is 1. The second-order valence-corrected chi connectivity index (χ2v) is 5.72. The normalized spacial score (nSPS) is 32.1. The minimum absolute atomic E-state index is 0.258. The molecular formula is C14H30N4O. The molecule has 0 spiro atoms. The molecule has 2 unspecified atom stereocenters. The summed E-state index contributed by atoms with van der Waals surface area (Å²) in [4.78, 5) is 2.34. The molecule has 0 bridgehead atoms. The molecule has 0 aromatic rings. The lowest BCUT2D eigenvalue weighted by Gasteiger charge is -2.34. The van der Waals surface area contributed by atoms with Crippen LogP contribution in [0.3, 0.4) is 0 Å². The van der Waals surface area contributed by atoms with E-state index in [4.69, 9.17) is 5.11 Å². The van der Waals surface area contributed by atoms with Gasteiger partial charge in [-0.2, -0.15) is 0 Å². The third-order valence-corrected chi connectivity index (χ3v) is 4.33. The predicted octanol–water partition coefficient (Wildman–Crippen LogP) is -0.626. The molecular weight excluding hydrogens is 240 g/mol. The number of rotatable bonds is 2. The Bertz CT molecular complexity index is 239. The fourth-order valence-electron chi connectivity index (χ4n) is 3.21. The van der Waals surface area contributed by atoms with Crippen molar-refractivity contribution in [3.63, 3.8) is 0 Å². The van der Waals surface area contributed by atoms with Gasteiger partial charge in [0.15, 0.2) is 0 Å². The molecule has 1 saturated heterocycles. The molecule has 0 aromatic carbocycles. The van der Waals surface area contributed by atoms with Crippen molar-refractivity contribution in [1.29, 1.82) is 0 Å². The molecule has 1 aliphatic carbocycles. The topological polar surface area (TPSA) is 59.6 Å². The molecule has 0 amide bonds. The molecule has 2 aliphatic rings. The van der Waals surface area contributed by atoms with Crippen LogP contribution in [0.1, 0.15) is 25.7 Å². The highest BCUT2D eigenvalue weighted by Gasteiger charge is 2.24. The molecule has 5 nitrogen and oxygen atoms in total. The van der Waals surface area contributed by atoms with Crippen LogP contribution in [0.2, 0.25) is 0 Å².